The topological polar surface area (TPSA) is 77.8 Å². The highest BCUT2D eigenvalue weighted by atomic mass is 32.1. The number of ether oxygens (including phenoxy) is 2. The number of fused-ring (bicyclic) bond motifs is 1. The first kappa shape index (κ1) is 20.6. The van der Waals surface area contributed by atoms with Gasteiger partial charge in [-0.3, -0.25) is 10.1 Å². The highest BCUT2D eigenvalue weighted by Crippen LogP contribution is 2.29. The first-order valence-corrected chi connectivity index (χ1v) is 10.5. The summed E-state index contributed by atoms with van der Waals surface area (Å²) in [5.41, 5.74) is 5.13. The summed E-state index contributed by atoms with van der Waals surface area (Å²) in [5, 5.41) is 9.22. The standard InChI is InChI=1S/C23H22N4O3S/c1-14-5-8-18(15(2)11-14)19-13-31-23-25-22(26-27(19)23)24-21(28)10-6-16-12-17(29-3)7-9-20(16)30-4/h5-13H,1-4H3,(H,24,26,28)/b10-6+. The second-order valence-corrected chi connectivity index (χ2v) is 7.84. The minimum atomic E-state index is -0.337. The summed E-state index contributed by atoms with van der Waals surface area (Å²) in [6, 6.07) is 11.7. The van der Waals surface area contributed by atoms with Gasteiger partial charge in [0, 0.05) is 22.6 Å². The number of nitrogens with one attached hydrogen (secondary N) is 1. The van der Waals surface area contributed by atoms with E-state index in [1.807, 2.05) is 5.38 Å². The number of nitrogens with zero attached hydrogens (tertiary/aromatic N) is 3. The summed E-state index contributed by atoms with van der Waals surface area (Å²) in [6.07, 6.45) is 3.08. The molecule has 7 nitrogen and oxygen atoms in total. The Kier molecular flexibility index (Phi) is 5.73. The van der Waals surface area contributed by atoms with E-state index in [9.17, 15) is 4.79 Å². The van der Waals surface area contributed by atoms with Crippen molar-refractivity contribution in [2.75, 3.05) is 19.5 Å². The fraction of sp³-hybridized carbons (Fsp3) is 0.174. The average molecular weight is 435 g/mol. The number of amides is 1. The lowest BCUT2D eigenvalue weighted by atomic mass is 10.0. The predicted molar refractivity (Wildman–Crippen MR) is 123 cm³/mol. The molecule has 1 amide bonds. The lowest BCUT2D eigenvalue weighted by molar-refractivity contribution is -0.111. The number of benzene rings is 2. The van der Waals surface area contributed by atoms with Crippen LogP contribution in [-0.4, -0.2) is 34.7 Å². The second kappa shape index (κ2) is 8.61. The number of aromatic nitrogens is 3. The highest BCUT2D eigenvalue weighted by Gasteiger charge is 2.14. The van der Waals surface area contributed by atoms with Gasteiger partial charge in [-0.05, 0) is 43.7 Å². The van der Waals surface area contributed by atoms with Gasteiger partial charge in [-0.25, -0.2) is 4.52 Å². The minimum Gasteiger partial charge on any atom is -0.497 e. The zero-order valence-corrected chi connectivity index (χ0v) is 18.5. The molecule has 0 unspecified atom stereocenters. The third kappa shape index (κ3) is 4.29. The Morgan fingerprint density at radius 1 is 1.13 bits per heavy atom. The summed E-state index contributed by atoms with van der Waals surface area (Å²) >= 11 is 1.48. The molecule has 0 spiro atoms. The van der Waals surface area contributed by atoms with Gasteiger partial charge >= 0.3 is 0 Å². The van der Waals surface area contributed by atoms with E-state index in [1.165, 1.54) is 23.0 Å². The molecule has 4 rings (SSSR count). The molecule has 0 saturated carbocycles. The lowest BCUT2D eigenvalue weighted by Gasteiger charge is -2.07. The Morgan fingerprint density at radius 2 is 1.97 bits per heavy atom. The lowest BCUT2D eigenvalue weighted by Crippen LogP contribution is -2.09. The van der Waals surface area contributed by atoms with Gasteiger partial charge in [0.25, 0.3) is 11.9 Å². The number of carbonyl (C=O) groups excluding carboxylic acids is 1. The van der Waals surface area contributed by atoms with Crippen molar-refractivity contribution in [2.24, 2.45) is 0 Å². The minimum absolute atomic E-state index is 0.255. The van der Waals surface area contributed by atoms with Crippen molar-refractivity contribution >= 4 is 34.2 Å². The Morgan fingerprint density at radius 3 is 2.71 bits per heavy atom. The number of anilines is 1. The first-order valence-electron chi connectivity index (χ1n) is 9.61. The van der Waals surface area contributed by atoms with E-state index < -0.39 is 0 Å². The van der Waals surface area contributed by atoms with Crippen LogP contribution in [0.25, 0.3) is 22.3 Å². The third-order valence-electron chi connectivity index (χ3n) is 4.83. The van der Waals surface area contributed by atoms with Crippen LogP contribution in [0, 0.1) is 13.8 Å². The maximum atomic E-state index is 12.4. The SMILES string of the molecule is COc1ccc(OC)c(/C=C/C(=O)Nc2nc3scc(-c4ccc(C)cc4C)n3n2)c1. The summed E-state index contributed by atoms with van der Waals surface area (Å²) in [6.45, 7) is 4.14. The molecule has 0 fully saturated rings. The zero-order chi connectivity index (χ0) is 22.0. The molecule has 0 aliphatic rings. The second-order valence-electron chi connectivity index (χ2n) is 7.00. The molecule has 158 valence electrons. The molecule has 2 aromatic carbocycles. The van der Waals surface area contributed by atoms with Gasteiger partial charge < -0.3 is 9.47 Å². The molecule has 0 aliphatic heterocycles. The molecule has 4 aromatic rings. The Labute approximate surface area is 184 Å². The van der Waals surface area contributed by atoms with Crippen LogP contribution in [-0.2, 0) is 4.79 Å². The van der Waals surface area contributed by atoms with E-state index in [1.54, 1.807) is 43.0 Å². The maximum absolute atomic E-state index is 12.4. The predicted octanol–water partition coefficient (Wildman–Crippen LogP) is 4.74. The molecule has 2 aromatic heterocycles. The van der Waals surface area contributed by atoms with Gasteiger partial charge in [-0.1, -0.05) is 23.8 Å². The molecular formula is C23H22N4O3S. The van der Waals surface area contributed by atoms with Crippen molar-refractivity contribution in [1.82, 2.24) is 14.6 Å². The summed E-state index contributed by atoms with van der Waals surface area (Å²) in [7, 11) is 3.17. The summed E-state index contributed by atoms with van der Waals surface area (Å²) in [5.74, 6) is 1.24. The normalized spacial score (nSPS) is 11.2. The molecule has 0 aliphatic carbocycles. The number of thiazole rings is 1. The van der Waals surface area contributed by atoms with Crippen molar-refractivity contribution < 1.29 is 14.3 Å². The maximum Gasteiger partial charge on any atom is 0.250 e. The smallest absolute Gasteiger partial charge is 0.250 e. The van der Waals surface area contributed by atoms with E-state index >= 15 is 0 Å². The van der Waals surface area contributed by atoms with Crippen molar-refractivity contribution in [3.63, 3.8) is 0 Å². The number of hydrogen-bond acceptors (Lipinski definition) is 6. The van der Waals surface area contributed by atoms with Crippen LogP contribution >= 0.6 is 11.3 Å². The number of carbonyl (C=O) groups is 1. The number of methoxy groups -OCH3 is 2. The summed E-state index contributed by atoms with van der Waals surface area (Å²) < 4.78 is 12.3. The van der Waals surface area contributed by atoms with Gasteiger partial charge in [-0.15, -0.1) is 16.4 Å². The molecular weight excluding hydrogens is 412 g/mol. The number of hydrogen-bond donors (Lipinski definition) is 1. The molecule has 0 bridgehead atoms. The van der Waals surface area contributed by atoms with E-state index in [0.717, 1.165) is 22.4 Å². The van der Waals surface area contributed by atoms with Crippen molar-refractivity contribution in [3.8, 4) is 22.8 Å². The van der Waals surface area contributed by atoms with E-state index in [-0.39, 0.29) is 11.9 Å². The number of aryl methyl sites for hydroxylation is 2. The van der Waals surface area contributed by atoms with Crippen LogP contribution in [0.3, 0.4) is 0 Å². The molecule has 31 heavy (non-hydrogen) atoms. The molecule has 8 heteroatoms. The number of rotatable bonds is 6. The van der Waals surface area contributed by atoms with Gasteiger partial charge in [-0.2, -0.15) is 4.98 Å². The van der Waals surface area contributed by atoms with Crippen LogP contribution in [0.1, 0.15) is 16.7 Å². The monoisotopic (exact) mass is 434 g/mol. The Balaban J connectivity index is 1.55. The fourth-order valence-corrected chi connectivity index (χ4v) is 4.13. The van der Waals surface area contributed by atoms with Crippen LogP contribution in [0.2, 0.25) is 0 Å². The Hall–Kier alpha value is -3.65. The van der Waals surface area contributed by atoms with Gasteiger partial charge in [0.05, 0.1) is 19.9 Å². The van der Waals surface area contributed by atoms with E-state index in [0.29, 0.717) is 16.5 Å². The van der Waals surface area contributed by atoms with Gasteiger partial charge in [0.1, 0.15) is 11.5 Å². The van der Waals surface area contributed by atoms with Gasteiger partial charge in [0.15, 0.2) is 0 Å². The van der Waals surface area contributed by atoms with Crippen LogP contribution < -0.4 is 14.8 Å². The molecule has 0 radical (unpaired) electrons. The molecule has 0 saturated heterocycles. The van der Waals surface area contributed by atoms with Crippen LogP contribution in [0.15, 0.2) is 47.9 Å². The third-order valence-corrected chi connectivity index (χ3v) is 5.64. The van der Waals surface area contributed by atoms with E-state index in [4.69, 9.17) is 9.47 Å². The largest absolute Gasteiger partial charge is 0.497 e. The first-order chi connectivity index (χ1) is 15.0. The van der Waals surface area contributed by atoms with Gasteiger partial charge in [0.2, 0.25) is 4.96 Å². The molecule has 1 N–H and O–H groups in total. The quantitative estimate of drug-likeness (QED) is 0.444. The summed E-state index contributed by atoms with van der Waals surface area (Å²) in [4.78, 5) is 17.6. The van der Waals surface area contributed by atoms with Crippen molar-refractivity contribution in [1.29, 1.82) is 0 Å². The van der Waals surface area contributed by atoms with Crippen molar-refractivity contribution in [3.05, 3.63) is 64.5 Å². The van der Waals surface area contributed by atoms with Crippen molar-refractivity contribution in [2.45, 2.75) is 13.8 Å². The highest BCUT2D eigenvalue weighted by molar-refractivity contribution is 7.15. The van der Waals surface area contributed by atoms with Crippen LogP contribution in [0.4, 0.5) is 5.95 Å². The average Bonchev–Trinajstić information content (AvgIpc) is 3.32. The molecule has 2 heterocycles. The van der Waals surface area contributed by atoms with E-state index in [2.05, 4.69) is 47.4 Å². The Bertz CT molecular complexity index is 1290. The van der Waals surface area contributed by atoms with Crippen LogP contribution in [0.5, 0.6) is 11.5 Å². The molecule has 0 atom stereocenters. The zero-order valence-electron chi connectivity index (χ0n) is 17.7. The fourth-order valence-electron chi connectivity index (χ4n) is 3.31.